The van der Waals surface area contributed by atoms with Crippen molar-refractivity contribution >= 4 is 17.7 Å². The van der Waals surface area contributed by atoms with Crippen molar-refractivity contribution in [1.29, 1.82) is 0 Å². The van der Waals surface area contributed by atoms with Crippen LogP contribution in [0.4, 0.5) is 23.7 Å². The van der Waals surface area contributed by atoms with Crippen LogP contribution in [0.1, 0.15) is 12.8 Å². The number of likely N-dealkylation sites (tertiary alicyclic amines) is 1. The van der Waals surface area contributed by atoms with Gasteiger partial charge in [0.25, 0.3) is 0 Å². The molecule has 1 N–H and O–H groups in total. The molecule has 1 saturated heterocycles. The molecule has 9 nitrogen and oxygen atoms in total. The smallest absolute Gasteiger partial charge is 0.422 e. The van der Waals surface area contributed by atoms with Crippen molar-refractivity contribution in [2.45, 2.75) is 19.0 Å². The van der Waals surface area contributed by atoms with Gasteiger partial charge >= 0.3 is 12.3 Å². The number of carbonyl (C=O) groups excluding carboxylic acids is 2. The van der Waals surface area contributed by atoms with Crippen LogP contribution in [0.15, 0.2) is 30.6 Å². The van der Waals surface area contributed by atoms with Crippen molar-refractivity contribution in [2.24, 2.45) is 5.92 Å². The van der Waals surface area contributed by atoms with Crippen molar-refractivity contribution < 1.29 is 27.5 Å². The molecule has 28 heavy (non-hydrogen) atoms. The molecule has 12 heteroatoms. The van der Waals surface area contributed by atoms with E-state index in [-0.39, 0.29) is 24.9 Å². The van der Waals surface area contributed by atoms with Gasteiger partial charge in [-0.1, -0.05) is 6.07 Å². The third-order valence-corrected chi connectivity index (χ3v) is 4.21. The predicted molar refractivity (Wildman–Crippen MR) is 89.5 cm³/mol. The Bertz CT molecular complexity index is 819. The molecule has 2 aromatic rings. The number of anilines is 1. The molecule has 150 valence electrons. The largest absolute Gasteiger partial charge is 0.440 e. The zero-order chi connectivity index (χ0) is 20.1. The molecule has 1 fully saturated rings. The van der Waals surface area contributed by atoms with Crippen molar-refractivity contribution in [1.82, 2.24) is 25.1 Å². The summed E-state index contributed by atoms with van der Waals surface area (Å²) in [4.78, 5) is 25.3. The van der Waals surface area contributed by atoms with Crippen LogP contribution in [-0.4, -0.2) is 63.0 Å². The zero-order valence-corrected chi connectivity index (χ0v) is 14.6. The Balaban J connectivity index is 1.50. The summed E-state index contributed by atoms with van der Waals surface area (Å²) in [5, 5.41) is 13.7. The Labute approximate surface area is 157 Å². The number of halogens is 3. The van der Waals surface area contributed by atoms with Gasteiger partial charge in [-0.15, -0.1) is 5.10 Å². The molecule has 1 aromatic carbocycles. The number of amides is 2. The summed E-state index contributed by atoms with van der Waals surface area (Å²) >= 11 is 0. The monoisotopic (exact) mass is 398 g/mol. The number of carbonyl (C=O) groups is 2. The highest BCUT2D eigenvalue weighted by molar-refractivity contribution is 5.93. The fraction of sp³-hybridized carbons (Fsp3) is 0.438. The lowest BCUT2D eigenvalue weighted by atomic mass is 9.96. The second-order valence-electron chi connectivity index (χ2n) is 6.23. The van der Waals surface area contributed by atoms with Crippen LogP contribution in [0.5, 0.6) is 0 Å². The summed E-state index contributed by atoms with van der Waals surface area (Å²) in [5.74, 6) is -0.583. The number of nitrogens with zero attached hydrogens (tertiary/aromatic N) is 5. The number of hydrogen-bond acceptors (Lipinski definition) is 6. The van der Waals surface area contributed by atoms with E-state index in [1.165, 1.54) is 15.9 Å². The van der Waals surface area contributed by atoms with Gasteiger partial charge in [-0.3, -0.25) is 4.79 Å². The van der Waals surface area contributed by atoms with Gasteiger partial charge in [-0.2, -0.15) is 13.2 Å². The summed E-state index contributed by atoms with van der Waals surface area (Å²) in [7, 11) is 0. The fourth-order valence-electron chi connectivity index (χ4n) is 2.81. The van der Waals surface area contributed by atoms with E-state index in [4.69, 9.17) is 0 Å². The van der Waals surface area contributed by atoms with E-state index in [1.54, 1.807) is 24.3 Å². The van der Waals surface area contributed by atoms with Crippen LogP contribution in [0, 0.1) is 5.92 Å². The second-order valence-corrected chi connectivity index (χ2v) is 6.23. The van der Waals surface area contributed by atoms with Crippen LogP contribution in [0.25, 0.3) is 5.69 Å². The first-order valence-electron chi connectivity index (χ1n) is 8.44. The topological polar surface area (TPSA) is 102 Å². The third-order valence-electron chi connectivity index (χ3n) is 4.21. The quantitative estimate of drug-likeness (QED) is 0.845. The van der Waals surface area contributed by atoms with E-state index in [2.05, 4.69) is 25.6 Å². The number of nitrogens with one attached hydrogen (secondary N) is 1. The second kappa shape index (κ2) is 8.23. The Kier molecular flexibility index (Phi) is 5.76. The highest BCUT2D eigenvalue weighted by atomic mass is 19.4. The van der Waals surface area contributed by atoms with Gasteiger partial charge in [-0.25, -0.2) is 9.48 Å². The van der Waals surface area contributed by atoms with Crippen LogP contribution in [0.3, 0.4) is 0 Å². The Morgan fingerprint density at radius 2 is 2.00 bits per heavy atom. The Morgan fingerprint density at radius 1 is 1.25 bits per heavy atom. The van der Waals surface area contributed by atoms with Gasteiger partial charge in [0.15, 0.2) is 6.61 Å². The van der Waals surface area contributed by atoms with Gasteiger partial charge in [0.1, 0.15) is 6.33 Å². The standard InChI is InChI=1S/C16H17F3N6O3/c17-16(18,19)9-28-15(27)24-6-4-11(5-7-24)14(26)21-12-2-1-3-13(8-12)25-10-20-22-23-25/h1-3,8,10-11H,4-7,9H2,(H,21,26). The number of benzene rings is 1. The van der Waals surface area contributed by atoms with Gasteiger partial charge in [0, 0.05) is 24.7 Å². The van der Waals surface area contributed by atoms with Crippen LogP contribution >= 0.6 is 0 Å². The number of aromatic nitrogens is 4. The molecule has 1 aromatic heterocycles. The first-order valence-corrected chi connectivity index (χ1v) is 8.44. The lowest BCUT2D eigenvalue weighted by Crippen LogP contribution is -2.42. The van der Waals surface area contributed by atoms with E-state index in [1.807, 2.05) is 0 Å². The summed E-state index contributed by atoms with van der Waals surface area (Å²) in [6, 6.07) is 6.94. The molecular weight excluding hydrogens is 381 g/mol. The average molecular weight is 398 g/mol. The normalized spacial score (nSPS) is 15.3. The first kappa shape index (κ1) is 19.6. The van der Waals surface area contributed by atoms with Gasteiger partial charge in [-0.05, 0) is 41.5 Å². The number of ether oxygens (including phenoxy) is 1. The third kappa shape index (κ3) is 5.18. The molecule has 3 rings (SSSR count). The summed E-state index contributed by atoms with van der Waals surface area (Å²) in [5.41, 5.74) is 1.23. The van der Waals surface area contributed by atoms with Crippen molar-refractivity contribution in [3.63, 3.8) is 0 Å². The maximum Gasteiger partial charge on any atom is 0.422 e. The minimum absolute atomic E-state index is 0.152. The van der Waals surface area contributed by atoms with E-state index in [0.29, 0.717) is 24.2 Å². The maximum atomic E-state index is 12.5. The SMILES string of the molecule is O=C(Nc1cccc(-n2cnnn2)c1)C1CCN(C(=O)OCC(F)(F)F)CC1. The van der Waals surface area contributed by atoms with E-state index in [9.17, 15) is 22.8 Å². The first-order chi connectivity index (χ1) is 13.3. The van der Waals surface area contributed by atoms with Gasteiger partial charge in [0.05, 0.1) is 5.69 Å². The Hall–Kier alpha value is -3.18. The van der Waals surface area contributed by atoms with Gasteiger partial charge < -0.3 is 15.0 Å². The molecule has 0 atom stereocenters. The van der Waals surface area contributed by atoms with Crippen LogP contribution in [-0.2, 0) is 9.53 Å². The molecule has 1 aliphatic heterocycles. The van der Waals surface area contributed by atoms with E-state index < -0.39 is 18.9 Å². The number of tetrazole rings is 1. The molecule has 0 aliphatic carbocycles. The lowest BCUT2D eigenvalue weighted by molar-refractivity contribution is -0.162. The fourth-order valence-corrected chi connectivity index (χ4v) is 2.81. The summed E-state index contributed by atoms with van der Waals surface area (Å²) < 4.78 is 42.0. The van der Waals surface area contributed by atoms with Crippen LogP contribution < -0.4 is 5.32 Å². The minimum Gasteiger partial charge on any atom is -0.440 e. The molecule has 2 heterocycles. The molecule has 2 amide bonds. The van der Waals surface area contributed by atoms with E-state index in [0.717, 1.165) is 0 Å². The van der Waals surface area contributed by atoms with Crippen molar-refractivity contribution in [3.8, 4) is 5.69 Å². The van der Waals surface area contributed by atoms with E-state index >= 15 is 0 Å². The number of piperidine rings is 1. The molecule has 0 spiro atoms. The molecule has 0 radical (unpaired) electrons. The summed E-state index contributed by atoms with van der Waals surface area (Å²) in [6.45, 7) is -1.32. The highest BCUT2D eigenvalue weighted by Crippen LogP contribution is 2.22. The van der Waals surface area contributed by atoms with Crippen LogP contribution in [0.2, 0.25) is 0 Å². The maximum absolute atomic E-state index is 12.5. The number of rotatable bonds is 4. The molecule has 1 aliphatic rings. The molecular formula is C16H17F3N6O3. The van der Waals surface area contributed by atoms with Gasteiger partial charge in [0.2, 0.25) is 5.91 Å². The predicted octanol–water partition coefficient (Wildman–Crippen LogP) is 2.01. The number of alkyl halides is 3. The average Bonchev–Trinajstić information content (AvgIpc) is 3.21. The van der Waals surface area contributed by atoms with Crippen molar-refractivity contribution in [2.75, 3.05) is 25.0 Å². The highest BCUT2D eigenvalue weighted by Gasteiger charge is 2.33. The molecule has 0 saturated carbocycles. The summed E-state index contributed by atoms with van der Waals surface area (Å²) in [6.07, 6.45) is -3.50. The molecule has 0 bridgehead atoms. The Morgan fingerprint density at radius 3 is 2.64 bits per heavy atom. The van der Waals surface area contributed by atoms with Crippen molar-refractivity contribution in [3.05, 3.63) is 30.6 Å². The molecule has 0 unspecified atom stereocenters. The lowest BCUT2D eigenvalue weighted by Gasteiger charge is -2.30. The minimum atomic E-state index is -4.56. The zero-order valence-electron chi connectivity index (χ0n) is 14.6. The number of hydrogen-bond donors (Lipinski definition) is 1.